The first-order valence-electron chi connectivity index (χ1n) is 9.32. The molecule has 0 aliphatic heterocycles. The summed E-state index contributed by atoms with van der Waals surface area (Å²) in [5, 5.41) is 6.26. The Morgan fingerprint density at radius 1 is 1.13 bits per heavy atom. The van der Waals surface area contributed by atoms with E-state index < -0.39 is 6.61 Å². The van der Waals surface area contributed by atoms with Crippen molar-refractivity contribution < 1.29 is 22.6 Å². The van der Waals surface area contributed by atoms with Gasteiger partial charge in [-0.3, -0.25) is 4.99 Å². The van der Waals surface area contributed by atoms with Crippen LogP contribution in [0.3, 0.4) is 0 Å². The molecule has 0 aromatic heterocycles. The summed E-state index contributed by atoms with van der Waals surface area (Å²) in [6.07, 6.45) is 0. The first-order chi connectivity index (χ1) is 14.3. The lowest BCUT2D eigenvalue weighted by Crippen LogP contribution is -2.41. The lowest BCUT2D eigenvalue weighted by atomic mass is 10.1. The number of nitrogens with zero attached hydrogens (tertiary/aromatic N) is 2. The van der Waals surface area contributed by atoms with E-state index in [1.165, 1.54) is 25.3 Å². The molecule has 0 amide bonds. The van der Waals surface area contributed by atoms with Gasteiger partial charge in [0.1, 0.15) is 17.3 Å². The van der Waals surface area contributed by atoms with Crippen LogP contribution in [0, 0.1) is 5.82 Å². The number of hydrogen-bond acceptors (Lipinski definition) is 4. The number of halogens is 3. The van der Waals surface area contributed by atoms with E-state index in [4.69, 9.17) is 4.74 Å². The van der Waals surface area contributed by atoms with Crippen molar-refractivity contribution in [3.8, 4) is 11.5 Å². The van der Waals surface area contributed by atoms with Crippen LogP contribution in [0.1, 0.15) is 17.2 Å². The zero-order valence-electron chi connectivity index (χ0n) is 17.5. The van der Waals surface area contributed by atoms with Crippen LogP contribution < -0.4 is 20.1 Å². The highest BCUT2D eigenvalue weighted by atomic mass is 19.3. The molecule has 0 aliphatic carbocycles. The van der Waals surface area contributed by atoms with Crippen molar-refractivity contribution in [1.29, 1.82) is 0 Å². The molecule has 0 fully saturated rings. The number of aliphatic imine (C=N–C) groups is 1. The maximum Gasteiger partial charge on any atom is 0.387 e. The normalized spacial score (nSPS) is 12.8. The molecular formula is C21H27F3N4O2. The zero-order chi connectivity index (χ0) is 22.1. The molecule has 164 valence electrons. The van der Waals surface area contributed by atoms with E-state index in [-0.39, 0.29) is 24.2 Å². The van der Waals surface area contributed by atoms with E-state index in [9.17, 15) is 13.2 Å². The van der Waals surface area contributed by atoms with Gasteiger partial charge in [0.25, 0.3) is 0 Å². The van der Waals surface area contributed by atoms with Crippen LogP contribution in [0.5, 0.6) is 11.5 Å². The van der Waals surface area contributed by atoms with Crippen molar-refractivity contribution in [3.63, 3.8) is 0 Å². The largest absolute Gasteiger partial charge is 0.497 e. The molecule has 2 aromatic carbocycles. The van der Waals surface area contributed by atoms with Crippen LogP contribution >= 0.6 is 0 Å². The van der Waals surface area contributed by atoms with E-state index in [1.807, 2.05) is 25.1 Å². The Kier molecular flexibility index (Phi) is 8.79. The molecule has 2 aromatic rings. The molecule has 1 atom stereocenters. The molecule has 2 N–H and O–H groups in total. The van der Waals surface area contributed by atoms with Gasteiger partial charge in [0.05, 0.1) is 13.2 Å². The van der Waals surface area contributed by atoms with E-state index in [1.54, 1.807) is 25.2 Å². The first-order valence-corrected chi connectivity index (χ1v) is 9.32. The summed E-state index contributed by atoms with van der Waals surface area (Å²) < 4.78 is 48.7. The maximum atomic E-state index is 13.6. The Labute approximate surface area is 174 Å². The third-order valence-electron chi connectivity index (χ3n) is 4.47. The van der Waals surface area contributed by atoms with Crippen LogP contribution in [0.25, 0.3) is 0 Å². The first kappa shape index (κ1) is 23.3. The average Bonchev–Trinajstić information content (AvgIpc) is 2.70. The smallest absolute Gasteiger partial charge is 0.387 e. The summed E-state index contributed by atoms with van der Waals surface area (Å²) in [5.41, 5.74) is 1.32. The van der Waals surface area contributed by atoms with Crippen LogP contribution in [0.15, 0.2) is 47.5 Å². The fourth-order valence-electron chi connectivity index (χ4n) is 2.94. The van der Waals surface area contributed by atoms with Crippen molar-refractivity contribution in [3.05, 3.63) is 59.4 Å². The Morgan fingerprint density at radius 3 is 2.50 bits per heavy atom. The quantitative estimate of drug-likeness (QED) is 0.477. The monoisotopic (exact) mass is 424 g/mol. The molecule has 0 spiro atoms. The van der Waals surface area contributed by atoms with Gasteiger partial charge < -0.3 is 25.0 Å². The summed E-state index contributed by atoms with van der Waals surface area (Å²) in [4.78, 5) is 6.12. The van der Waals surface area contributed by atoms with E-state index in [0.29, 0.717) is 23.8 Å². The lowest BCUT2D eigenvalue weighted by Gasteiger charge is -2.26. The minimum absolute atomic E-state index is 0.0553. The fourth-order valence-corrected chi connectivity index (χ4v) is 2.94. The van der Waals surface area contributed by atoms with Gasteiger partial charge in [0, 0.05) is 25.7 Å². The molecule has 0 saturated heterocycles. The van der Waals surface area contributed by atoms with Gasteiger partial charge in [0.15, 0.2) is 5.96 Å². The molecule has 0 saturated carbocycles. The average molecular weight is 424 g/mol. The summed E-state index contributed by atoms with van der Waals surface area (Å²) in [5.74, 6) is 0.741. The minimum atomic E-state index is -2.93. The molecule has 30 heavy (non-hydrogen) atoms. The lowest BCUT2D eigenvalue weighted by molar-refractivity contribution is -0.0505. The second-order valence-corrected chi connectivity index (χ2v) is 6.69. The highest BCUT2D eigenvalue weighted by Crippen LogP contribution is 2.25. The molecule has 0 aliphatic rings. The summed E-state index contributed by atoms with van der Waals surface area (Å²) >= 11 is 0. The van der Waals surface area contributed by atoms with E-state index >= 15 is 0 Å². The number of alkyl halides is 2. The summed E-state index contributed by atoms with van der Waals surface area (Å²) in [7, 11) is 6.90. The van der Waals surface area contributed by atoms with Crippen LogP contribution in [0.2, 0.25) is 0 Å². The predicted octanol–water partition coefficient (Wildman–Crippen LogP) is 3.40. The van der Waals surface area contributed by atoms with Crippen molar-refractivity contribution in [2.45, 2.75) is 19.2 Å². The molecule has 9 heteroatoms. The number of nitrogens with one attached hydrogen (secondary N) is 2. The third kappa shape index (κ3) is 6.84. The van der Waals surface area contributed by atoms with Crippen LogP contribution in [-0.2, 0) is 6.54 Å². The number of likely N-dealkylation sites (N-methyl/N-ethyl adjacent to an activating group) is 1. The Bertz CT molecular complexity index is 847. The van der Waals surface area contributed by atoms with Crippen molar-refractivity contribution in [2.75, 3.05) is 34.8 Å². The highest BCUT2D eigenvalue weighted by molar-refractivity contribution is 5.79. The molecule has 0 bridgehead atoms. The summed E-state index contributed by atoms with van der Waals surface area (Å²) in [6, 6.07) is 10.9. The Morgan fingerprint density at radius 2 is 1.90 bits per heavy atom. The van der Waals surface area contributed by atoms with Gasteiger partial charge in [-0.05, 0) is 50.0 Å². The maximum absolute atomic E-state index is 13.6. The van der Waals surface area contributed by atoms with Gasteiger partial charge >= 0.3 is 6.61 Å². The van der Waals surface area contributed by atoms with E-state index in [0.717, 1.165) is 5.56 Å². The van der Waals surface area contributed by atoms with Gasteiger partial charge in [0.2, 0.25) is 0 Å². The minimum Gasteiger partial charge on any atom is -0.497 e. The molecule has 6 nitrogen and oxygen atoms in total. The standard InChI is InChI=1S/C21H27F3N4O2/c1-25-21(27-13-18(28(2)3)14-6-5-7-16(22)10-14)26-12-15-11-17(29-4)8-9-19(15)30-20(23)24/h5-11,18,20H,12-13H2,1-4H3,(H2,25,26,27). The van der Waals surface area contributed by atoms with Crippen LogP contribution in [0.4, 0.5) is 13.2 Å². The number of methoxy groups -OCH3 is 1. The fraction of sp³-hybridized carbons (Fsp3) is 0.381. The van der Waals surface area contributed by atoms with Crippen molar-refractivity contribution >= 4 is 5.96 Å². The van der Waals surface area contributed by atoms with Gasteiger partial charge in [-0.25, -0.2) is 4.39 Å². The number of ether oxygens (including phenoxy) is 2. The van der Waals surface area contributed by atoms with Gasteiger partial charge in [-0.15, -0.1) is 0 Å². The number of rotatable bonds is 9. The number of benzene rings is 2. The summed E-state index contributed by atoms with van der Waals surface area (Å²) in [6.45, 7) is -2.29. The number of hydrogen-bond donors (Lipinski definition) is 2. The third-order valence-corrected chi connectivity index (χ3v) is 4.47. The van der Waals surface area contributed by atoms with Gasteiger partial charge in [-0.2, -0.15) is 8.78 Å². The molecular weight excluding hydrogens is 397 g/mol. The molecule has 0 heterocycles. The molecule has 0 radical (unpaired) electrons. The van der Waals surface area contributed by atoms with E-state index in [2.05, 4.69) is 20.4 Å². The number of guanidine groups is 1. The Hall–Kier alpha value is -2.94. The van der Waals surface area contributed by atoms with Crippen molar-refractivity contribution in [2.24, 2.45) is 4.99 Å². The molecule has 1 unspecified atom stereocenters. The second-order valence-electron chi connectivity index (χ2n) is 6.69. The topological polar surface area (TPSA) is 58.1 Å². The zero-order valence-corrected chi connectivity index (χ0v) is 17.5. The molecule has 2 rings (SSSR count). The van der Waals surface area contributed by atoms with Gasteiger partial charge in [-0.1, -0.05) is 12.1 Å². The predicted molar refractivity (Wildman–Crippen MR) is 111 cm³/mol. The second kappa shape index (κ2) is 11.3. The SMILES string of the molecule is CN=C(NCc1cc(OC)ccc1OC(F)F)NCC(c1cccc(F)c1)N(C)C. The van der Waals surface area contributed by atoms with Crippen molar-refractivity contribution in [1.82, 2.24) is 15.5 Å². The Balaban J connectivity index is 2.05. The highest BCUT2D eigenvalue weighted by Gasteiger charge is 2.16. The van der Waals surface area contributed by atoms with Crippen LogP contribution in [-0.4, -0.2) is 52.3 Å².